The highest BCUT2D eigenvalue weighted by molar-refractivity contribution is 5.27. The third-order valence-corrected chi connectivity index (χ3v) is 5.22. The van der Waals surface area contributed by atoms with Gasteiger partial charge in [0.2, 0.25) is 0 Å². The molecule has 1 heterocycles. The number of nitrogens with one attached hydrogen (secondary N) is 1. The molecule has 0 aliphatic heterocycles. The first-order valence-corrected chi connectivity index (χ1v) is 9.25. The van der Waals surface area contributed by atoms with Crippen LogP contribution < -0.4 is 5.32 Å². The first-order valence-electron chi connectivity index (χ1n) is 9.25. The Hall–Kier alpha value is -2.36. The smallest absolute Gasteiger partial charge is 0.0940 e. The molecule has 3 heteroatoms. The molecular weight excluding hydrogens is 320 g/mol. The predicted octanol–water partition coefficient (Wildman–Crippen LogP) is 4.62. The summed E-state index contributed by atoms with van der Waals surface area (Å²) in [5.41, 5.74) is 4.77. The van der Waals surface area contributed by atoms with E-state index in [1.165, 1.54) is 16.8 Å². The van der Waals surface area contributed by atoms with Crippen LogP contribution in [-0.2, 0) is 6.54 Å². The van der Waals surface area contributed by atoms with Crippen molar-refractivity contribution in [2.24, 2.45) is 0 Å². The van der Waals surface area contributed by atoms with Gasteiger partial charge in [-0.15, -0.1) is 0 Å². The van der Waals surface area contributed by atoms with Gasteiger partial charge in [0.1, 0.15) is 0 Å². The number of aromatic nitrogens is 1. The predicted molar refractivity (Wildman–Crippen MR) is 107 cm³/mol. The third-order valence-electron chi connectivity index (χ3n) is 5.22. The minimum absolute atomic E-state index is 0.0216. The average molecular weight is 348 g/mol. The maximum atomic E-state index is 10.5. The van der Waals surface area contributed by atoms with E-state index in [1.54, 1.807) is 0 Å². The largest absolute Gasteiger partial charge is 0.387 e. The van der Waals surface area contributed by atoms with E-state index in [9.17, 15) is 5.11 Å². The standard InChI is InChI=1S/C23H28N2O/c1-17(23(26)21-12-8-5-9-13-21)24-16-22-14-15-25(19(22)3)18(2)20-10-6-4-7-11-20/h4-15,17-18,23-24,26H,16H2,1-3H3/t17-,18-,23-/m0/s1. The second-order valence-corrected chi connectivity index (χ2v) is 6.95. The van der Waals surface area contributed by atoms with Crippen molar-refractivity contribution in [1.29, 1.82) is 0 Å². The van der Waals surface area contributed by atoms with E-state index in [4.69, 9.17) is 0 Å². The summed E-state index contributed by atoms with van der Waals surface area (Å²) >= 11 is 0. The normalized spacial score (nSPS) is 14.8. The average Bonchev–Trinajstić information content (AvgIpc) is 3.06. The molecule has 0 fully saturated rings. The van der Waals surface area contributed by atoms with Crippen molar-refractivity contribution in [3.05, 3.63) is 95.3 Å². The molecule has 3 aromatic rings. The van der Waals surface area contributed by atoms with Crippen molar-refractivity contribution in [2.45, 2.75) is 45.5 Å². The second kappa shape index (κ2) is 8.35. The van der Waals surface area contributed by atoms with Gasteiger partial charge in [-0.2, -0.15) is 0 Å². The van der Waals surface area contributed by atoms with E-state index in [-0.39, 0.29) is 6.04 Å². The lowest BCUT2D eigenvalue weighted by Gasteiger charge is -2.21. The molecule has 0 saturated carbocycles. The summed E-state index contributed by atoms with van der Waals surface area (Å²) in [6, 6.07) is 22.8. The van der Waals surface area contributed by atoms with E-state index < -0.39 is 6.10 Å². The zero-order chi connectivity index (χ0) is 18.5. The summed E-state index contributed by atoms with van der Waals surface area (Å²) in [4.78, 5) is 0. The Bertz CT molecular complexity index is 811. The lowest BCUT2D eigenvalue weighted by Crippen LogP contribution is -2.31. The number of benzene rings is 2. The zero-order valence-corrected chi connectivity index (χ0v) is 15.8. The molecule has 0 unspecified atom stereocenters. The highest BCUT2D eigenvalue weighted by Crippen LogP contribution is 2.23. The fourth-order valence-corrected chi connectivity index (χ4v) is 3.39. The van der Waals surface area contributed by atoms with Crippen LogP contribution in [0.3, 0.4) is 0 Å². The van der Waals surface area contributed by atoms with Crippen LogP contribution in [-0.4, -0.2) is 15.7 Å². The Labute approximate surface area is 156 Å². The number of nitrogens with zero attached hydrogens (tertiary/aromatic N) is 1. The zero-order valence-electron chi connectivity index (χ0n) is 15.8. The second-order valence-electron chi connectivity index (χ2n) is 6.95. The van der Waals surface area contributed by atoms with Gasteiger partial charge in [-0.3, -0.25) is 0 Å². The minimum atomic E-state index is -0.512. The first kappa shape index (κ1) is 18.4. The topological polar surface area (TPSA) is 37.2 Å². The molecule has 26 heavy (non-hydrogen) atoms. The molecule has 1 aromatic heterocycles. The highest BCUT2D eigenvalue weighted by Gasteiger charge is 2.17. The van der Waals surface area contributed by atoms with Gasteiger partial charge < -0.3 is 15.0 Å². The van der Waals surface area contributed by atoms with Crippen LogP contribution in [0.15, 0.2) is 72.9 Å². The van der Waals surface area contributed by atoms with Crippen LogP contribution in [0.2, 0.25) is 0 Å². The summed E-state index contributed by atoms with van der Waals surface area (Å²) in [6.45, 7) is 7.15. The Morgan fingerprint density at radius 3 is 2.08 bits per heavy atom. The molecule has 3 nitrogen and oxygen atoms in total. The van der Waals surface area contributed by atoms with Gasteiger partial charge in [0, 0.05) is 24.5 Å². The van der Waals surface area contributed by atoms with Crippen molar-refractivity contribution in [3.8, 4) is 0 Å². The first-order chi connectivity index (χ1) is 12.6. The van der Waals surface area contributed by atoms with E-state index in [0.717, 1.165) is 12.1 Å². The fourth-order valence-electron chi connectivity index (χ4n) is 3.39. The Morgan fingerprint density at radius 2 is 1.46 bits per heavy atom. The van der Waals surface area contributed by atoms with Gasteiger partial charge in [0.25, 0.3) is 0 Å². The SMILES string of the molecule is Cc1c(CN[C@@H](C)[C@H](O)c2ccccc2)ccn1[C@@H](C)c1ccccc1. The van der Waals surface area contributed by atoms with Gasteiger partial charge in [-0.25, -0.2) is 0 Å². The van der Waals surface area contributed by atoms with Crippen molar-refractivity contribution >= 4 is 0 Å². The van der Waals surface area contributed by atoms with E-state index in [2.05, 4.69) is 60.3 Å². The number of rotatable bonds is 7. The number of hydrogen-bond acceptors (Lipinski definition) is 2. The lowest BCUT2D eigenvalue weighted by molar-refractivity contribution is 0.135. The molecule has 0 aliphatic carbocycles. The number of aliphatic hydroxyl groups excluding tert-OH is 1. The van der Waals surface area contributed by atoms with Crippen LogP contribution in [0.4, 0.5) is 0 Å². The summed E-state index contributed by atoms with van der Waals surface area (Å²) < 4.78 is 2.31. The van der Waals surface area contributed by atoms with E-state index in [0.29, 0.717) is 6.04 Å². The molecule has 0 spiro atoms. The molecule has 0 bridgehead atoms. The summed E-state index contributed by atoms with van der Waals surface area (Å²) in [5.74, 6) is 0. The van der Waals surface area contributed by atoms with Crippen LogP contribution >= 0.6 is 0 Å². The quantitative estimate of drug-likeness (QED) is 0.654. The molecule has 2 N–H and O–H groups in total. The molecule has 2 aromatic carbocycles. The Kier molecular flexibility index (Phi) is 5.92. The molecule has 136 valence electrons. The van der Waals surface area contributed by atoms with Gasteiger partial charge in [0.05, 0.1) is 12.1 Å². The lowest BCUT2D eigenvalue weighted by atomic mass is 10.0. The molecule has 0 saturated heterocycles. The van der Waals surface area contributed by atoms with Gasteiger partial charge >= 0.3 is 0 Å². The van der Waals surface area contributed by atoms with Crippen LogP contribution in [0, 0.1) is 6.92 Å². The molecule has 0 amide bonds. The molecule has 0 radical (unpaired) electrons. The van der Waals surface area contributed by atoms with Gasteiger partial charge in [0.15, 0.2) is 0 Å². The van der Waals surface area contributed by atoms with E-state index >= 15 is 0 Å². The minimum Gasteiger partial charge on any atom is -0.387 e. The van der Waals surface area contributed by atoms with Crippen molar-refractivity contribution < 1.29 is 5.11 Å². The van der Waals surface area contributed by atoms with Gasteiger partial charge in [-0.05, 0) is 43.5 Å². The van der Waals surface area contributed by atoms with Gasteiger partial charge in [-0.1, -0.05) is 60.7 Å². The summed E-state index contributed by atoms with van der Waals surface area (Å²) in [5, 5.41) is 14.0. The number of hydrogen-bond donors (Lipinski definition) is 2. The van der Waals surface area contributed by atoms with Crippen molar-refractivity contribution in [1.82, 2.24) is 9.88 Å². The Balaban J connectivity index is 1.65. The Morgan fingerprint density at radius 1 is 0.885 bits per heavy atom. The molecular formula is C23H28N2O. The van der Waals surface area contributed by atoms with Crippen molar-refractivity contribution in [3.63, 3.8) is 0 Å². The maximum Gasteiger partial charge on any atom is 0.0940 e. The van der Waals surface area contributed by atoms with Crippen LogP contribution in [0.5, 0.6) is 0 Å². The molecule has 3 rings (SSSR count). The monoisotopic (exact) mass is 348 g/mol. The summed E-state index contributed by atoms with van der Waals surface area (Å²) in [6.07, 6.45) is 1.64. The van der Waals surface area contributed by atoms with Crippen molar-refractivity contribution in [2.75, 3.05) is 0 Å². The highest BCUT2D eigenvalue weighted by atomic mass is 16.3. The summed E-state index contributed by atoms with van der Waals surface area (Å²) in [7, 11) is 0. The van der Waals surface area contributed by atoms with E-state index in [1.807, 2.05) is 43.3 Å². The third kappa shape index (κ3) is 4.06. The molecule has 0 aliphatic rings. The van der Waals surface area contributed by atoms with Crippen LogP contribution in [0.25, 0.3) is 0 Å². The fraction of sp³-hybridized carbons (Fsp3) is 0.304. The maximum absolute atomic E-state index is 10.5. The molecule has 3 atom stereocenters. The number of aliphatic hydroxyl groups is 1. The van der Waals surface area contributed by atoms with Crippen LogP contribution in [0.1, 0.15) is 48.4 Å².